The van der Waals surface area contributed by atoms with Gasteiger partial charge in [-0.05, 0) is 56.1 Å². The Morgan fingerprint density at radius 3 is 2.49 bits per heavy atom. The molecule has 5 atom stereocenters. The van der Waals surface area contributed by atoms with Gasteiger partial charge in [-0.2, -0.15) is 0 Å². The molecule has 1 saturated heterocycles. The van der Waals surface area contributed by atoms with Gasteiger partial charge in [0, 0.05) is 12.5 Å². The predicted molar refractivity (Wildman–Crippen MR) is 158 cm³/mol. The fraction of sp³-hybridized carbons (Fsp3) is 0.586. The minimum atomic E-state index is -4.79. The van der Waals surface area contributed by atoms with Crippen molar-refractivity contribution in [3.05, 3.63) is 47.4 Å². The highest BCUT2D eigenvalue weighted by Gasteiger charge is 2.66. The number of hydrogen-bond acceptors (Lipinski definition) is 6. The molecule has 43 heavy (non-hydrogen) atoms. The average molecular weight is 618 g/mol. The summed E-state index contributed by atoms with van der Waals surface area (Å²) in [6.45, 7) is 8.92. The Morgan fingerprint density at radius 1 is 1.21 bits per heavy atom. The number of amides is 3. The van der Waals surface area contributed by atoms with Gasteiger partial charge in [-0.1, -0.05) is 39.0 Å². The number of hydrogen-bond donors (Lipinski definition) is 5. The minimum absolute atomic E-state index is 0.0116. The van der Waals surface area contributed by atoms with Gasteiger partial charge in [-0.25, -0.2) is 9.59 Å². The fourth-order valence-corrected chi connectivity index (χ4v) is 7.68. The molecule has 13 nitrogen and oxygen atoms in total. The number of benzene rings is 1. The first-order valence-corrected chi connectivity index (χ1v) is 16.2. The van der Waals surface area contributed by atoms with Crippen molar-refractivity contribution >= 4 is 36.5 Å². The smallest absolute Gasteiger partial charge is 0.408 e. The van der Waals surface area contributed by atoms with Crippen molar-refractivity contribution in [1.29, 1.82) is 0 Å². The Balaban J connectivity index is 1.47. The van der Waals surface area contributed by atoms with Gasteiger partial charge in [0.25, 0.3) is 0 Å². The summed E-state index contributed by atoms with van der Waals surface area (Å²) in [7, 11) is -4.79. The van der Waals surface area contributed by atoms with Gasteiger partial charge in [-0.3, -0.25) is 18.7 Å². The van der Waals surface area contributed by atoms with Crippen molar-refractivity contribution in [2.24, 2.45) is 11.3 Å². The lowest BCUT2D eigenvalue weighted by atomic mass is 9.85. The van der Waals surface area contributed by atoms with E-state index in [4.69, 9.17) is 4.74 Å². The van der Waals surface area contributed by atoms with Gasteiger partial charge in [0.2, 0.25) is 11.8 Å². The van der Waals surface area contributed by atoms with Crippen LogP contribution in [0.5, 0.6) is 0 Å². The number of fused-ring (bicyclic) bond motifs is 1. The Kier molecular flexibility index (Phi) is 8.12. The lowest BCUT2D eigenvalue weighted by Gasteiger charge is -2.35. The number of aromatic nitrogens is 2. The maximum atomic E-state index is 14.3. The van der Waals surface area contributed by atoms with E-state index in [-0.39, 0.29) is 25.5 Å². The third-order valence-corrected chi connectivity index (χ3v) is 10.6. The van der Waals surface area contributed by atoms with Crippen LogP contribution in [-0.2, 0) is 18.9 Å². The van der Waals surface area contributed by atoms with Crippen LogP contribution in [0.2, 0.25) is 0 Å². The number of likely N-dealkylation sites (tertiary alicyclic amines) is 1. The van der Waals surface area contributed by atoms with E-state index in [1.807, 2.05) is 0 Å². The van der Waals surface area contributed by atoms with Crippen LogP contribution in [0, 0.1) is 11.3 Å². The van der Waals surface area contributed by atoms with Crippen molar-refractivity contribution in [3.8, 4) is 0 Å². The molecule has 0 spiro atoms. The van der Waals surface area contributed by atoms with Crippen molar-refractivity contribution in [1.82, 2.24) is 25.1 Å². The number of imidazole rings is 1. The number of alkyl carbamates (subject to hydrolysis) is 1. The molecule has 2 aliphatic carbocycles. The van der Waals surface area contributed by atoms with Gasteiger partial charge in [0.1, 0.15) is 23.5 Å². The van der Waals surface area contributed by atoms with Crippen LogP contribution in [0.3, 0.4) is 0 Å². The highest BCUT2D eigenvalue weighted by molar-refractivity contribution is 7.54. The molecule has 3 unspecified atom stereocenters. The quantitative estimate of drug-likeness (QED) is 0.221. The van der Waals surface area contributed by atoms with Crippen LogP contribution < -0.4 is 16.3 Å². The molecule has 3 amide bonds. The summed E-state index contributed by atoms with van der Waals surface area (Å²) in [4.78, 5) is 78.3. The van der Waals surface area contributed by atoms with E-state index >= 15 is 0 Å². The normalized spacial score (nSPS) is 26.7. The first-order valence-electron chi connectivity index (χ1n) is 14.6. The third-order valence-electron chi connectivity index (χ3n) is 8.93. The van der Waals surface area contributed by atoms with Gasteiger partial charge in [0.05, 0.1) is 17.1 Å². The van der Waals surface area contributed by atoms with Crippen LogP contribution in [0.25, 0.3) is 11.0 Å². The van der Waals surface area contributed by atoms with Crippen LogP contribution in [0.1, 0.15) is 65.3 Å². The molecule has 5 N–H and O–H groups in total. The van der Waals surface area contributed by atoms with E-state index in [0.717, 1.165) is 25.7 Å². The Hall–Kier alpha value is -3.41. The monoisotopic (exact) mass is 617 g/mol. The van der Waals surface area contributed by atoms with E-state index < -0.39 is 65.9 Å². The minimum Gasteiger partial charge on any atom is -0.446 e. The number of carbonyl (C=O) groups is 3. The number of carbonyl (C=O) groups excluding carboxylic acids is 3. The van der Waals surface area contributed by atoms with E-state index in [0.29, 0.717) is 11.0 Å². The molecule has 3 fully saturated rings. The number of nitrogens with zero attached hydrogens (tertiary/aromatic N) is 2. The molecule has 2 saturated carbocycles. The molecule has 2 heterocycles. The van der Waals surface area contributed by atoms with Crippen molar-refractivity contribution in [2.45, 2.75) is 88.8 Å². The molecule has 1 aromatic heterocycles. The maximum absolute atomic E-state index is 14.3. The zero-order valence-electron chi connectivity index (χ0n) is 24.6. The highest BCUT2D eigenvalue weighted by atomic mass is 31.2. The molecule has 0 radical (unpaired) electrons. The van der Waals surface area contributed by atoms with Crippen molar-refractivity contribution in [2.75, 3.05) is 6.54 Å². The molecule has 3 aliphatic rings. The second-order valence-electron chi connectivity index (χ2n) is 13.0. The Bertz CT molecular complexity index is 1530. The van der Waals surface area contributed by atoms with Gasteiger partial charge in [-0.15, -0.1) is 6.58 Å². The second-order valence-corrected chi connectivity index (χ2v) is 14.9. The molecule has 2 aromatic rings. The summed E-state index contributed by atoms with van der Waals surface area (Å²) in [5.74, 6) is -1.95. The topological polar surface area (TPSA) is 183 Å². The molecule has 0 bridgehead atoms. The predicted octanol–water partition coefficient (Wildman–Crippen LogP) is 2.75. The molecule has 14 heteroatoms. The number of rotatable bonds is 8. The lowest BCUT2D eigenvalue weighted by molar-refractivity contribution is -0.142. The van der Waals surface area contributed by atoms with Crippen LogP contribution in [0.4, 0.5) is 4.79 Å². The van der Waals surface area contributed by atoms with Crippen LogP contribution in [-0.4, -0.2) is 72.2 Å². The number of H-pyrrole nitrogens is 1. The van der Waals surface area contributed by atoms with E-state index in [1.165, 1.54) is 15.5 Å². The zero-order valence-corrected chi connectivity index (χ0v) is 25.5. The van der Waals surface area contributed by atoms with Crippen molar-refractivity contribution in [3.63, 3.8) is 0 Å². The lowest BCUT2D eigenvalue weighted by Crippen LogP contribution is -2.58. The standard InChI is InChI=1S/C29H40N5O8P/c1-5-17-15-29(17,43(39,40)41)32-24(35)22-14-18(34-21-13-9-8-12-20(21)30-26(34)37)16-33(22)25(36)23(28(2,3)4)31-27(38)42-19-10-6-7-11-19/h5,8-9,12-13,17-19,22-23H,1,6-7,10-11,14-16H2,2-4H3,(H,30,37)(H,31,38)(H,32,35)(H2,39,40,41)/t17?,18?,22?,23-,29+/m1/s1. The second kappa shape index (κ2) is 11.3. The summed E-state index contributed by atoms with van der Waals surface area (Å²) in [6.07, 6.45) is 3.89. The largest absolute Gasteiger partial charge is 0.446 e. The summed E-state index contributed by atoms with van der Waals surface area (Å²) in [6, 6.07) is 4.16. The average Bonchev–Trinajstić information content (AvgIpc) is 3.25. The van der Waals surface area contributed by atoms with E-state index in [2.05, 4.69) is 22.2 Å². The summed E-state index contributed by atoms with van der Waals surface area (Å²) >= 11 is 0. The summed E-state index contributed by atoms with van der Waals surface area (Å²) < 4.78 is 19.5. The van der Waals surface area contributed by atoms with Gasteiger partial charge >= 0.3 is 19.4 Å². The molecule has 1 aromatic carbocycles. The van der Waals surface area contributed by atoms with E-state index in [9.17, 15) is 33.5 Å². The maximum Gasteiger partial charge on any atom is 0.408 e. The zero-order chi connectivity index (χ0) is 31.3. The number of nitrogens with one attached hydrogen (secondary N) is 3. The van der Waals surface area contributed by atoms with Gasteiger partial charge < -0.3 is 35.0 Å². The van der Waals surface area contributed by atoms with E-state index in [1.54, 1.807) is 45.0 Å². The first kappa shape index (κ1) is 31.0. The molecular weight excluding hydrogens is 577 g/mol. The Labute approximate surface area is 249 Å². The van der Waals surface area contributed by atoms with Crippen LogP contribution >= 0.6 is 7.60 Å². The Morgan fingerprint density at radius 2 is 1.88 bits per heavy atom. The van der Waals surface area contributed by atoms with Gasteiger partial charge in [0.15, 0.2) is 0 Å². The molecular formula is C29H40N5O8P. The number of ether oxygens (including phenoxy) is 1. The fourth-order valence-electron chi connectivity index (χ4n) is 6.46. The SMILES string of the molecule is C=CC1C[C@]1(NC(=O)C1CC(n2c(=O)[nH]c3ccccc32)CN1C(=O)[C@@H](NC(=O)OC1CCCC1)C(C)(C)C)P(=O)(O)O. The third kappa shape index (κ3) is 5.90. The molecule has 5 rings (SSSR count). The highest BCUT2D eigenvalue weighted by Crippen LogP contribution is 2.67. The summed E-state index contributed by atoms with van der Waals surface area (Å²) in [5, 5.41) is 3.46. The number of para-hydroxylation sites is 2. The summed E-state index contributed by atoms with van der Waals surface area (Å²) in [5.41, 5.74) is -0.0161. The molecule has 1 aliphatic heterocycles. The number of aromatic amines is 1. The van der Waals surface area contributed by atoms with Crippen LogP contribution in [0.15, 0.2) is 41.7 Å². The van der Waals surface area contributed by atoms with Crippen molar-refractivity contribution < 1.29 is 33.5 Å². The first-order chi connectivity index (χ1) is 20.2. The molecule has 234 valence electrons.